The lowest BCUT2D eigenvalue weighted by Crippen LogP contribution is -2.41. The van der Waals surface area contributed by atoms with E-state index in [1.807, 2.05) is 0 Å². The third kappa shape index (κ3) is 4.46. The molecule has 0 aromatic heterocycles. The molecule has 23 heavy (non-hydrogen) atoms. The normalized spacial score (nSPS) is 16.3. The molecule has 1 aliphatic rings. The molecular formula is C16H19F3N2O2. The molecule has 0 atom stereocenters. The van der Waals surface area contributed by atoms with Crippen LogP contribution in [0.2, 0.25) is 0 Å². The summed E-state index contributed by atoms with van der Waals surface area (Å²) in [4.78, 5) is 25.5. The maximum Gasteiger partial charge on any atom is 0.416 e. The number of benzene rings is 1. The number of likely N-dealkylation sites (tertiary alicyclic amines) is 1. The van der Waals surface area contributed by atoms with Gasteiger partial charge in [0.15, 0.2) is 0 Å². The van der Waals surface area contributed by atoms with Crippen LogP contribution in [0.15, 0.2) is 24.3 Å². The lowest BCUT2D eigenvalue weighted by atomic mass is 9.95. The minimum absolute atomic E-state index is 0.0572. The summed E-state index contributed by atoms with van der Waals surface area (Å²) in [6, 6.07) is 4.59. The highest BCUT2D eigenvalue weighted by Crippen LogP contribution is 2.31. The number of carbonyl (C=O) groups excluding carboxylic acids is 2. The Morgan fingerprint density at radius 3 is 2.48 bits per heavy atom. The Morgan fingerprint density at radius 2 is 1.91 bits per heavy atom. The van der Waals surface area contributed by atoms with Crippen LogP contribution in [0, 0.1) is 5.92 Å². The molecule has 2 rings (SSSR count). The highest BCUT2D eigenvalue weighted by molar-refractivity contribution is 5.92. The molecule has 0 radical (unpaired) electrons. The molecule has 0 aliphatic carbocycles. The van der Waals surface area contributed by atoms with E-state index in [-0.39, 0.29) is 23.4 Å². The van der Waals surface area contributed by atoms with Gasteiger partial charge >= 0.3 is 6.18 Å². The van der Waals surface area contributed by atoms with E-state index in [0.717, 1.165) is 12.1 Å². The third-order valence-electron chi connectivity index (χ3n) is 3.98. The smallest absolute Gasteiger partial charge is 0.343 e. The van der Waals surface area contributed by atoms with Crippen LogP contribution in [0.4, 0.5) is 18.9 Å². The number of alkyl halides is 3. The minimum Gasteiger partial charge on any atom is -0.343 e. The van der Waals surface area contributed by atoms with E-state index in [4.69, 9.17) is 0 Å². The first kappa shape index (κ1) is 17.3. The van der Waals surface area contributed by atoms with Crippen molar-refractivity contribution in [2.24, 2.45) is 5.92 Å². The van der Waals surface area contributed by atoms with E-state index in [2.05, 4.69) is 5.32 Å². The molecule has 0 unspecified atom stereocenters. The minimum atomic E-state index is -4.44. The Balaban J connectivity index is 1.94. The van der Waals surface area contributed by atoms with Gasteiger partial charge < -0.3 is 10.2 Å². The summed E-state index contributed by atoms with van der Waals surface area (Å²) in [5.41, 5.74) is -0.657. The van der Waals surface area contributed by atoms with Crippen LogP contribution < -0.4 is 5.32 Å². The summed E-state index contributed by atoms with van der Waals surface area (Å²) in [5.74, 6) is -0.528. The maximum atomic E-state index is 12.7. The molecule has 1 aromatic rings. The van der Waals surface area contributed by atoms with Gasteiger partial charge in [0, 0.05) is 31.1 Å². The SMILES string of the molecule is CCC(=O)N1CCC(C(=O)Nc2cccc(C(F)(F)F)c2)CC1. The number of nitrogens with zero attached hydrogens (tertiary/aromatic N) is 1. The Morgan fingerprint density at radius 1 is 1.26 bits per heavy atom. The zero-order valence-electron chi connectivity index (χ0n) is 12.8. The van der Waals surface area contributed by atoms with Crippen LogP contribution in [0.25, 0.3) is 0 Å². The van der Waals surface area contributed by atoms with Gasteiger partial charge in [-0.3, -0.25) is 9.59 Å². The summed E-state index contributed by atoms with van der Waals surface area (Å²) in [5, 5.41) is 2.54. The topological polar surface area (TPSA) is 49.4 Å². The molecule has 1 aromatic carbocycles. The number of hydrogen-bond acceptors (Lipinski definition) is 2. The summed E-state index contributed by atoms with van der Waals surface area (Å²) in [7, 11) is 0. The van der Waals surface area contributed by atoms with Gasteiger partial charge in [0.2, 0.25) is 11.8 Å². The van der Waals surface area contributed by atoms with Gasteiger partial charge in [-0.25, -0.2) is 0 Å². The van der Waals surface area contributed by atoms with E-state index < -0.39 is 11.7 Å². The molecule has 7 heteroatoms. The largest absolute Gasteiger partial charge is 0.416 e. The summed E-state index contributed by atoms with van der Waals surface area (Å²) in [6.07, 6.45) is -2.96. The van der Waals surface area contributed by atoms with Crippen molar-refractivity contribution in [3.63, 3.8) is 0 Å². The Kier molecular flexibility index (Phi) is 5.28. The van der Waals surface area contributed by atoms with Gasteiger partial charge in [-0.2, -0.15) is 13.2 Å². The fourth-order valence-corrected chi connectivity index (χ4v) is 2.63. The number of rotatable bonds is 3. The molecule has 1 fully saturated rings. The average Bonchev–Trinajstić information content (AvgIpc) is 2.53. The Labute approximate surface area is 132 Å². The average molecular weight is 328 g/mol. The van der Waals surface area contributed by atoms with Gasteiger partial charge in [0.1, 0.15) is 0 Å². The molecule has 1 aliphatic heterocycles. The van der Waals surface area contributed by atoms with E-state index >= 15 is 0 Å². The quantitative estimate of drug-likeness (QED) is 0.925. The number of carbonyl (C=O) groups is 2. The number of anilines is 1. The molecule has 0 bridgehead atoms. The number of hydrogen-bond donors (Lipinski definition) is 1. The van der Waals surface area contributed by atoms with Crippen molar-refractivity contribution >= 4 is 17.5 Å². The first-order valence-electron chi connectivity index (χ1n) is 7.57. The van der Waals surface area contributed by atoms with Crippen LogP contribution >= 0.6 is 0 Å². The van der Waals surface area contributed by atoms with Crippen molar-refractivity contribution in [2.75, 3.05) is 18.4 Å². The van der Waals surface area contributed by atoms with Crippen LogP contribution in [-0.4, -0.2) is 29.8 Å². The lowest BCUT2D eigenvalue weighted by molar-refractivity contribution is -0.137. The van der Waals surface area contributed by atoms with Gasteiger partial charge in [0.25, 0.3) is 0 Å². The molecule has 1 heterocycles. The zero-order chi connectivity index (χ0) is 17.0. The molecule has 1 saturated heterocycles. The molecule has 4 nitrogen and oxygen atoms in total. The molecule has 0 saturated carbocycles. The van der Waals surface area contributed by atoms with E-state index in [1.165, 1.54) is 12.1 Å². The van der Waals surface area contributed by atoms with Crippen molar-refractivity contribution in [1.29, 1.82) is 0 Å². The third-order valence-corrected chi connectivity index (χ3v) is 3.98. The summed E-state index contributed by atoms with van der Waals surface area (Å²) >= 11 is 0. The molecular weight excluding hydrogens is 309 g/mol. The highest BCUT2D eigenvalue weighted by atomic mass is 19.4. The second-order valence-electron chi connectivity index (χ2n) is 5.58. The van der Waals surface area contributed by atoms with E-state index in [9.17, 15) is 22.8 Å². The van der Waals surface area contributed by atoms with Crippen LogP contribution in [0.5, 0.6) is 0 Å². The fraction of sp³-hybridized carbons (Fsp3) is 0.500. The predicted molar refractivity (Wildman–Crippen MR) is 79.7 cm³/mol. The van der Waals surface area contributed by atoms with Crippen LogP contribution in [0.3, 0.4) is 0 Å². The highest BCUT2D eigenvalue weighted by Gasteiger charge is 2.31. The number of amides is 2. The molecule has 126 valence electrons. The monoisotopic (exact) mass is 328 g/mol. The summed E-state index contributed by atoms with van der Waals surface area (Å²) in [6.45, 7) is 2.80. The van der Waals surface area contributed by atoms with Crippen molar-refractivity contribution < 1.29 is 22.8 Å². The Hall–Kier alpha value is -2.05. The van der Waals surface area contributed by atoms with Crippen LogP contribution in [-0.2, 0) is 15.8 Å². The van der Waals surface area contributed by atoms with Gasteiger partial charge in [-0.1, -0.05) is 13.0 Å². The first-order chi connectivity index (χ1) is 10.8. The lowest BCUT2D eigenvalue weighted by Gasteiger charge is -2.31. The van der Waals surface area contributed by atoms with Crippen LogP contribution in [0.1, 0.15) is 31.7 Å². The number of halogens is 3. The maximum absolute atomic E-state index is 12.7. The second kappa shape index (κ2) is 7.02. The van der Waals surface area contributed by atoms with Gasteiger partial charge in [0.05, 0.1) is 5.56 Å². The number of piperidine rings is 1. The van der Waals surface area contributed by atoms with Crippen molar-refractivity contribution in [1.82, 2.24) is 4.90 Å². The van der Waals surface area contributed by atoms with Crippen molar-refractivity contribution in [2.45, 2.75) is 32.4 Å². The predicted octanol–water partition coefficient (Wildman–Crippen LogP) is 3.29. The second-order valence-corrected chi connectivity index (χ2v) is 5.58. The van der Waals surface area contributed by atoms with Gasteiger partial charge in [-0.05, 0) is 31.0 Å². The Bertz CT molecular complexity index is 579. The standard InChI is InChI=1S/C16H19F3N2O2/c1-2-14(22)21-8-6-11(7-9-21)15(23)20-13-5-3-4-12(10-13)16(17,18)19/h3-5,10-11H,2,6-9H2,1H3,(H,20,23). The summed E-state index contributed by atoms with van der Waals surface area (Å²) < 4.78 is 38.0. The first-order valence-corrected chi connectivity index (χ1v) is 7.57. The fourth-order valence-electron chi connectivity index (χ4n) is 2.63. The molecule has 0 spiro atoms. The zero-order valence-corrected chi connectivity index (χ0v) is 12.8. The molecule has 2 amide bonds. The van der Waals surface area contributed by atoms with E-state index in [0.29, 0.717) is 32.4 Å². The van der Waals surface area contributed by atoms with Gasteiger partial charge in [-0.15, -0.1) is 0 Å². The van der Waals surface area contributed by atoms with E-state index in [1.54, 1.807) is 11.8 Å². The molecule has 1 N–H and O–H groups in total. The van der Waals surface area contributed by atoms with Crippen molar-refractivity contribution in [3.05, 3.63) is 29.8 Å². The van der Waals surface area contributed by atoms with Crippen molar-refractivity contribution in [3.8, 4) is 0 Å². The number of nitrogens with one attached hydrogen (secondary N) is 1.